The molecule has 0 bridgehead atoms. The number of benzene rings is 1. The fourth-order valence-electron chi connectivity index (χ4n) is 3.18. The molecule has 0 saturated carbocycles. The number of nitrogens with one attached hydrogen (secondary N) is 1. The zero-order valence-electron chi connectivity index (χ0n) is 16.7. The van der Waals surface area contributed by atoms with Gasteiger partial charge in [0.05, 0.1) is 13.2 Å². The molecule has 2 atom stereocenters. The lowest BCUT2D eigenvalue weighted by Gasteiger charge is -2.22. The van der Waals surface area contributed by atoms with Crippen LogP contribution in [0.5, 0.6) is 5.75 Å². The van der Waals surface area contributed by atoms with Crippen LogP contribution in [0.15, 0.2) is 42.7 Å². The van der Waals surface area contributed by atoms with Crippen molar-refractivity contribution in [2.75, 3.05) is 7.11 Å². The third kappa shape index (κ3) is 4.24. The highest BCUT2D eigenvalue weighted by Crippen LogP contribution is 2.29. The van der Waals surface area contributed by atoms with Crippen LogP contribution >= 0.6 is 0 Å². The first-order chi connectivity index (χ1) is 13.9. The average Bonchev–Trinajstić information content (AvgIpc) is 3.11. The Kier molecular flexibility index (Phi) is 5.88. The van der Waals surface area contributed by atoms with E-state index < -0.39 is 17.9 Å². The van der Waals surface area contributed by atoms with Crippen LogP contribution in [-0.4, -0.2) is 32.5 Å². The molecule has 0 aliphatic carbocycles. The molecule has 8 nitrogen and oxygen atoms in total. The van der Waals surface area contributed by atoms with E-state index >= 15 is 0 Å². The Bertz CT molecular complexity index is 1050. The van der Waals surface area contributed by atoms with Gasteiger partial charge in [-0.25, -0.2) is 15.0 Å². The average molecular weight is 390 g/mol. The normalized spacial score (nSPS) is 12.7. The number of methoxy groups -OCH3 is 1. The van der Waals surface area contributed by atoms with Gasteiger partial charge in [0.15, 0.2) is 11.7 Å². The van der Waals surface area contributed by atoms with E-state index in [0.29, 0.717) is 23.0 Å². The zero-order chi connectivity index (χ0) is 21.0. The Morgan fingerprint density at radius 3 is 2.52 bits per heavy atom. The van der Waals surface area contributed by atoms with Crippen LogP contribution in [-0.2, 0) is 11.8 Å². The molecular formula is C21H22N6O2. The largest absolute Gasteiger partial charge is 0.496 e. The third-order valence-electron chi connectivity index (χ3n) is 4.50. The maximum atomic E-state index is 13.1. The number of nitriles is 1. The molecule has 0 aliphatic rings. The summed E-state index contributed by atoms with van der Waals surface area (Å²) in [5.41, 5.74) is 2.13. The highest BCUT2D eigenvalue weighted by atomic mass is 16.5. The Balaban J connectivity index is 2.00. The van der Waals surface area contributed by atoms with Crippen LogP contribution in [0.1, 0.15) is 40.6 Å². The number of carbonyl (C=O) groups excluding carboxylic acids is 1. The summed E-state index contributed by atoms with van der Waals surface area (Å²) < 4.78 is 7.28. The van der Waals surface area contributed by atoms with Crippen molar-refractivity contribution >= 4 is 5.91 Å². The first-order valence-corrected chi connectivity index (χ1v) is 9.07. The lowest BCUT2D eigenvalue weighted by atomic mass is 10.0. The summed E-state index contributed by atoms with van der Waals surface area (Å²) in [4.78, 5) is 26.0. The number of para-hydroxylation sites is 1. The highest BCUT2D eigenvalue weighted by molar-refractivity contribution is 5.86. The molecule has 0 radical (unpaired) electrons. The molecule has 0 fully saturated rings. The SMILES string of the molecule is COc1ccccc1[C@@H](NC(=O)[C@H](C#N)c1nc(C)cc(C)n1)c1nccn1C. The van der Waals surface area contributed by atoms with Crippen molar-refractivity contribution in [1.82, 2.24) is 24.8 Å². The van der Waals surface area contributed by atoms with Crippen LogP contribution < -0.4 is 10.1 Å². The summed E-state index contributed by atoms with van der Waals surface area (Å²) >= 11 is 0. The summed E-state index contributed by atoms with van der Waals surface area (Å²) in [5, 5.41) is 12.6. The monoisotopic (exact) mass is 390 g/mol. The van der Waals surface area contributed by atoms with Crippen molar-refractivity contribution in [3.05, 3.63) is 71.3 Å². The van der Waals surface area contributed by atoms with Gasteiger partial charge in [-0.05, 0) is 26.0 Å². The second-order valence-corrected chi connectivity index (χ2v) is 6.65. The van der Waals surface area contributed by atoms with Crippen molar-refractivity contribution < 1.29 is 9.53 Å². The Labute approximate surface area is 169 Å². The summed E-state index contributed by atoms with van der Waals surface area (Å²) in [6.07, 6.45) is 3.44. The minimum absolute atomic E-state index is 0.182. The maximum Gasteiger partial charge on any atom is 0.246 e. The molecule has 1 amide bonds. The molecule has 3 aromatic rings. The summed E-state index contributed by atoms with van der Waals surface area (Å²) in [6.45, 7) is 3.60. The van der Waals surface area contributed by atoms with Crippen LogP contribution in [0.25, 0.3) is 0 Å². The number of aryl methyl sites for hydroxylation is 3. The predicted molar refractivity (Wildman–Crippen MR) is 106 cm³/mol. The van der Waals surface area contributed by atoms with Gasteiger partial charge < -0.3 is 14.6 Å². The molecular weight excluding hydrogens is 368 g/mol. The quantitative estimate of drug-likeness (QED) is 0.692. The molecule has 0 unspecified atom stereocenters. The number of ether oxygens (including phenoxy) is 1. The number of rotatable bonds is 6. The molecule has 0 aliphatic heterocycles. The van der Waals surface area contributed by atoms with Crippen LogP contribution in [0, 0.1) is 25.2 Å². The van der Waals surface area contributed by atoms with Crippen molar-refractivity contribution in [3.63, 3.8) is 0 Å². The first kappa shape index (κ1) is 20.0. The Morgan fingerprint density at radius 1 is 1.24 bits per heavy atom. The number of amides is 1. The Hall–Kier alpha value is -3.73. The third-order valence-corrected chi connectivity index (χ3v) is 4.50. The van der Waals surface area contributed by atoms with Crippen LogP contribution in [0.3, 0.4) is 0 Å². The van der Waals surface area contributed by atoms with E-state index in [1.54, 1.807) is 39.4 Å². The number of carbonyl (C=O) groups is 1. The molecule has 2 aromatic heterocycles. The first-order valence-electron chi connectivity index (χ1n) is 9.07. The zero-order valence-corrected chi connectivity index (χ0v) is 16.7. The van der Waals surface area contributed by atoms with Gasteiger partial charge in [-0.15, -0.1) is 0 Å². The van der Waals surface area contributed by atoms with Gasteiger partial charge in [0, 0.05) is 36.4 Å². The van der Waals surface area contributed by atoms with E-state index in [1.807, 2.05) is 41.9 Å². The molecule has 3 rings (SSSR count). The minimum atomic E-state index is -1.15. The Morgan fingerprint density at radius 2 is 1.93 bits per heavy atom. The molecule has 1 aromatic carbocycles. The van der Waals surface area contributed by atoms with Gasteiger partial charge in [0.25, 0.3) is 0 Å². The maximum absolute atomic E-state index is 13.1. The summed E-state index contributed by atoms with van der Waals surface area (Å²) in [5.74, 6) is -0.249. The van der Waals surface area contributed by atoms with Crippen molar-refractivity contribution in [2.45, 2.75) is 25.8 Å². The van der Waals surface area contributed by atoms with Crippen molar-refractivity contribution in [2.24, 2.45) is 7.05 Å². The van der Waals surface area contributed by atoms with E-state index in [4.69, 9.17) is 4.74 Å². The minimum Gasteiger partial charge on any atom is -0.496 e. The summed E-state index contributed by atoms with van der Waals surface area (Å²) in [6, 6.07) is 10.6. The number of aromatic nitrogens is 4. The van der Waals surface area contributed by atoms with Gasteiger partial charge in [-0.3, -0.25) is 4.79 Å². The second-order valence-electron chi connectivity index (χ2n) is 6.65. The van der Waals surface area contributed by atoms with Crippen molar-refractivity contribution in [3.8, 4) is 11.8 Å². The number of nitrogens with zero attached hydrogens (tertiary/aromatic N) is 5. The number of hydrogen-bond donors (Lipinski definition) is 1. The van der Waals surface area contributed by atoms with Crippen LogP contribution in [0.2, 0.25) is 0 Å². The van der Waals surface area contributed by atoms with E-state index in [9.17, 15) is 10.1 Å². The topological polar surface area (TPSA) is 106 Å². The van der Waals surface area contributed by atoms with E-state index in [0.717, 1.165) is 5.56 Å². The molecule has 0 spiro atoms. The fourth-order valence-corrected chi connectivity index (χ4v) is 3.18. The van der Waals surface area contributed by atoms with E-state index in [2.05, 4.69) is 20.3 Å². The summed E-state index contributed by atoms with van der Waals surface area (Å²) in [7, 11) is 3.41. The smallest absolute Gasteiger partial charge is 0.246 e. The number of imidazole rings is 1. The van der Waals surface area contributed by atoms with E-state index in [1.165, 1.54) is 0 Å². The van der Waals surface area contributed by atoms with Gasteiger partial charge in [0.2, 0.25) is 5.91 Å². The fraction of sp³-hybridized carbons (Fsp3) is 0.286. The van der Waals surface area contributed by atoms with Crippen LogP contribution in [0.4, 0.5) is 0 Å². The molecule has 29 heavy (non-hydrogen) atoms. The van der Waals surface area contributed by atoms with Gasteiger partial charge in [-0.2, -0.15) is 5.26 Å². The number of hydrogen-bond acceptors (Lipinski definition) is 6. The molecule has 148 valence electrons. The molecule has 0 saturated heterocycles. The van der Waals surface area contributed by atoms with E-state index in [-0.39, 0.29) is 5.82 Å². The lowest BCUT2D eigenvalue weighted by Crippen LogP contribution is -2.35. The second kappa shape index (κ2) is 8.52. The predicted octanol–water partition coefficient (Wildman–Crippen LogP) is 2.35. The van der Waals surface area contributed by atoms with Crippen molar-refractivity contribution in [1.29, 1.82) is 5.26 Å². The molecule has 1 N–H and O–H groups in total. The molecule has 8 heteroatoms. The standard InChI is InChI=1S/C21H22N6O2/c1-13-11-14(2)25-19(24-13)16(12-22)21(28)26-18(20-23-9-10-27(20)3)15-7-5-6-8-17(15)29-4/h5-11,16,18H,1-4H3,(H,26,28)/t16-,18-/m1/s1. The molecule has 2 heterocycles. The highest BCUT2D eigenvalue weighted by Gasteiger charge is 2.30. The lowest BCUT2D eigenvalue weighted by molar-refractivity contribution is -0.122. The van der Waals surface area contributed by atoms with Gasteiger partial charge in [-0.1, -0.05) is 18.2 Å². The van der Waals surface area contributed by atoms with Gasteiger partial charge in [0.1, 0.15) is 17.6 Å². The van der Waals surface area contributed by atoms with Gasteiger partial charge >= 0.3 is 0 Å².